The van der Waals surface area contributed by atoms with E-state index in [2.05, 4.69) is 60.7 Å². The van der Waals surface area contributed by atoms with Gasteiger partial charge in [-0.05, 0) is 0 Å². The second-order valence-electron chi connectivity index (χ2n) is 6.72. The summed E-state index contributed by atoms with van der Waals surface area (Å²) in [7, 11) is 0. The van der Waals surface area contributed by atoms with E-state index < -0.39 is 0 Å². The van der Waals surface area contributed by atoms with Crippen LogP contribution in [-0.2, 0) is 26.2 Å². The van der Waals surface area contributed by atoms with Crippen molar-refractivity contribution >= 4 is 0 Å². The van der Waals surface area contributed by atoms with Crippen molar-refractivity contribution in [2.45, 2.75) is 19.3 Å². The predicted octanol–water partition coefficient (Wildman–Crippen LogP) is 7.36. The third-order valence-corrected chi connectivity index (χ3v) is 4.47. The molecule has 146 valence electrons. The maximum Gasteiger partial charge on any atom is 2.00 e. The van der Waals surface area contributed by atoms with Crippen molar-refractivity contribution in [3.05, 3.63) is 157 Å². The van der Waals surface area contributed by atoms with E-state index in [4.69, 9.17) is 0 Å². The fraction of sp³-hybridized carbons (Fsp3) is 0.103. The second kappa shape index (κ2) is 14.7. The van der Waals surface area contributed by atoms with E-state index in [1.165, 1.54) is 17.6 Å². The zero-order chi connectivity index (χ0) is 20.0. The zero-order valence-electron chi connectivity index (χ0n) is 17.2. The average Bonchev–Trinajstić information content (AvgIpc) is 3.56. The number of rotatable bonds is 2. The van der Waals surface area contributed by atoms with Crippen LogP contribution in [0, 0.1) is 25.0 Å². The third-order valence-electron chi connectivity index (χ3n) is 4.47. The molecule has 0 unspecified atom stereocenters. The summed E-state index contributed by atoms with van der Waals surface area (Å²) >= 11 is 0. The quantitative estimate of drug-likeness (QED) is 0.407. The van der Waals surface area contributed by atoms with Gasteiger partial charge in [-0.15, -0.1) is 48.5 Å². The summed E-state index contributed by atoms with van der Waals surface area (Å²) in [6, 6.07) is 20.7. The van der Waals surface area contributed by atoms with Crippen molar-refractivity contribution in [2.24, 2.45) is 0 Å². The summed E-state index contributed by atoms with van der Waals surface area (Å²) in [5, 5.41) is 0. The summed E-state index contributed by atoms with van der Waals surface area (Å²) in [6.45, 7) is 0. The maximum absolute atomic E-state index is 3.53. The summed E-state index contributed by atoms with van der Waals surface area (Å²) in [5.74, 6) is 0. The summed E-state index contributed by atoms with van der Waals surface area (Å²) in [6.07, 6.45) is 30.5. The second-order valence-corrected chi connectivity index (χ2v) is 6.72. The van der Waals surface area contributed by atoms with Gasteiger partial charge in [0.15, 0.2) is 0 Å². The third kappa shape index (κ3) is 9.06. The topological polar surface area (TPSA) is 0 Å². The number of hydrogen-bond donors (Lipinski definition) is 0. The molecule has 0 spiro atoms. The average molecular weight is 466 g/mol. The van der Waals surface area contributed by atoms with Crippen molar-refractivity contribution in [1.29, 1.82) is 0 Å². The smallest absolute Gasteiger partial charge is 0.201 e. The van der Waals surface area contributed by atoms with Crippen LogP contribution in [0.5, 0.6) is 0 Å². The molecule has 0 aliphatic heterocycles. The van der Waals surface area contributed by atoms with Crippen LogP contribution in [-0.4, -0.2) is 0 Å². The predicted molar refractivity (Wildman–Crippen MR) is 124 cm³/mol. The van der Waals surface area contributed by atoms with Gasteiger partial charge in [-0.3, -0.25) is 0 Å². The molecule has 0 heterocycles. The Balaban J connectivity index is 0.000000239. The molecule has 2 aromatic carbocycles. The molecule has 3 aliphatic carbocycles. The summed E-state index contributed by atoms with van der Waals surface area (Å²) in [5.41, 5.74) is 4.95. The molecule has 2 radical (unpaired) electrons. The molecule has 0 bridgehead atoms. The summed E-state index contributed by atoms with van der Waals surface area (Å²) < 4.78 is 0. The van der Waals surface area contributed by atoms with Crippen LogP contribution in [0.2, 0.25) is 0 Å². The Bertz CT molecular complexity index is 812. The van der Waals surface area contributed by atoms with E-state index in [0.717, 1.165) is 24.0 Å². The largest absolute Gasteiger partial charge is 2.00 e. The minimum absolute atomic E-state index is 0. The van der Waals surface area contributed by atoms with Gasteiger partial charge in [-0.25, -0.2) is 11.1 Å². The van der Waals surface area contributed by atoms with Crippen molar-refractivity contribution in [1.82, 2.24) is 0 Å². The van der Waals surface area contributed by atoms with Crippen LogP contribution in [0.4, 0.5) is 0 Å². The Morgan fingerprint density at radius 1 is 0.467 bits per heavy atom. The van der Waals surface area contributed by atoms with Crippen LogP contribution in [0.25, 0.3) is 0 Å². The molecule has 2 aromatic rings. The standard InChI is InChI=1S/C19H16.2C5H5.Zr/c1-3-8-16(9-4-1)14-18-12-7-13-19(18)15-17-10-5-2-6-11-17;2*1-2-4-5-3-1;/h1-6,8-11H,7,12-13H2;2*1-5H;/q-2;;;+2. The minimum Gasteiger partial charge on any atom is -0.201 e. The van der Waals surface area contributed by atoms with Crippen molar-refractivity contribution < 1.29 is 26.2 Å². The first kappa shape index (κ1) is 24.0. The Labute approximate surface area is 201 Å². The van der Waals surface area contributed by atoms with Gasteiger partial charge in [0.25, 0.3) is 0 Å². The fourth-order valence-corrected chi connectivity index (χ4v) is 3.05. The van der Waals surface area contributed by atoms with Gasteiger partial charge in [-0.2, -0.15) is 23.3 Å². The number of allylic oxidation sites excluding steroid dienone is 10. The Kier molecular flexibility index (Phi) is 11.8. The Morgan fingerprint density at radius 3 is 1.13 bits per heavy atom. The molecule has 1 heteroatoms. The first-order valence-corrected chi connectivity index (χ1v) is 10.1. The molecule has 0 atom stereocenters. The van der Waals surface area contributed by atoms with Crippen molar-refractivity contribution in [3.63, 3.8) is 0 Å². The van der Waals surface area contributed by atoms with E-state index in [0.29, 0.717) is 0 Å². The van der Waals surface area contributed by atoms with Gasteiger partial charge in [0.1, 0.15) is 0 Å². The van der Waals surface area contributed by atoms with Gasteiger partial charge >= 0.3 is 26.2 Å². The number of hydrogen-bond acceptors (Lipinski definition) is 0. The fourth-order valence-electron chi connectivity index (χ4n) is 3.05. The zero-order valence-corrected chi connectivity index (χ0v) is 19.6. The molecule has 0 amide bonds. The molecule has 3 aliphatic rings. The van der Waals surface area contributed by atoms with Crippen LogP contribution < -0.4 is 0 Å². The molecular formula is C29H26Zr. The SMILES string of the molecule is [C-](=C1CCCC1=[C-]c1ccccc1)c1ccccc1.[CH]1C=CC=C1.[CH]1C=CC=C1.[Zr+2]. The van der Waals surface area contributed by atoms with Gasteiger partial charge in [0.2, 0.25) is 0 Å². The van der Waals surface area contributed by atoms with Crippen LogP contribution >= 0.6 is 0 Å². The molecule has 0 saturated heterocycles. The van der Waals surface area contributed by atoms with Crippen LogP contribution in [0.3, 0.4) is 0 Å². The number of benzene rings is 2. The molecule has 5 rings (SSSR count). The normalized spacial score (nSPS) is 18.0. The summed E-state index contributed by atoms with van der Waals surface area (Å²) in [4.78, 5) is 0. The molecule has 0 aromatic heterocycles. The van der Waals surface area contributed by atoms with Gasteiger partial charge in [0.05, 0.1) is 0 Å². The molecule has 1 saturated carbocycles. The van der Waals surface area contributed by atoms with Gasteiger partial charge in [0, 0.05) is 12.8 Å². The first-order chi connectivity index (χ1) is 14.4. The van der Waals surface area contributed by atoms with E-state index in [1.54, 1.807) is 0 Å². The van der Waals surface area contributed by atoms with Crippen LogP contribution in [0.1, 0.15) is 30.4 Å². The van der Waals surface area contributed by atoms with Crippen LogP contribution in [0.15, 0.2) is 120 Å². The molecule has 0 nitrogen and oxygen atoms in total. The van der Waals surface area contributed by atoms with E-state index in [1.807, 2.05) is 73.6 Å². The van der Waals surface area contributed by atoms with E-state index in [9.17, 15) is 0 Å². The van der Waals surface area contributed by atoms with Crippen molar-refractivity contribution in [2.75, 3.05) is 0 Å². The Morgan fingerprint density at radius 2 is 0.833 bits per heavy atom. The van der Waals surface area contributed by atoms with E-state index in [-0.39, 0.29) is 26.2 Å². The molecular weight excluding hydrogens is 440 g/mol. The van der Waals surface area contributed by atoms with E-state index >= 15 is 0 Å². The minimum atomic E-state index is 0. The first-order valence-electron chi connectivity index (χ1n) is 10.1. The molecule has 1 fully saturated rings. The van der Waals surface area contributed by atoms with Gasteiger partial charge in [-0.1, -0.05) is 80.0 Å². The molecule has 30 heavy (non-hydrogen) atoms. The van der Waals surface area contributed by atoms with Crippen molar-refractivity contribution in [3.8, 4) is 0 Å². The van der Waals surface area contributed by atoms with Gasteiger partial charge < -0.3 is 0 Å². The molecule has 0 N–H and O–H groups in total. The Hall–Kier alpha value is -2.24. The monoisotopic (exact) mass is 464 g/mol. The maximum atomic E-state index is 3.53.